The van der Waals surface area contributed by atoms with Crippen LogP contribution in [0.5, 0.6) is 17.2 Å². The van der Waals surface area contributed by atoms with Crippen molar-refractivity contribution in [2.24, 2.45) is 0 Å². The van der Waals surface area contributed by atoms with Crippen molar-refractivity contribution in [2.75, 3.05) is 58.3 Å². The Labute approximate surface area is 220 Å². The molecule has 10 heteroatoms. The zero-order chi connectivity index (χ0) is 25.7. The molecule has 3 aromatic rings. The number of nitrogens with one attached hydrogen (secondary N) is 1. The predicted octanol–water partition coefficient (Wildman–Crippen LogP) is 4.65. The van der Waals surface area contributed by atoms with Gasteiger partial charge < -0.3 is 29.7 Å². The number of rotatable bonds is 9. The lowest BCUT2D eigenvalue weighted by atomic mass is 10.1. The molecule has 0 atom stereocenters. The maximum absolute atomic E-state index is 12.1. The average Bonchev–Trinajstić information content (AvgIpc) is 2.89. The number of halogens is 2. The number of hydrogen-bond donors (Lipinski definition) is 1. The highest BCUT2D eigenvalue weighted by Gasteiger charge is 2.17. The second kappa shape index (κ2) is 11.8. The van der Waals surface area contributed by atoms with Gasteiger partial charge in [-0.1, -0.05) is 35.9 Å². The van der Waals surface area contributed by atoms with Crippen LogP contribution in [0.2, 0.25) is 10.0 Å². The van der Waals surface area contributed by atoms with Gasteiger partial charge in [-0.05, 0) is 31.2 Å². The molecule has 36 heavy (non-hydrogen) atoms. The van der Waals surface area contributed by atoms with Gasteiger partial charge in [-0.3, -0.25) is 4.98 Å². The van der Waals surface area contributed by atoms with E-state index >= 15 is 0 Å². The van der Waals surface area contributed by atoms with Gasteiger partial charge in [-0.2, -0.15) is 5.26 Å². The van der Waals surface area contributed by atoms with Gasteiger partial charge in [0.2, 0.25) is 0 Å². The van der Waals surface area contributed by atoms with Crippen molar-refractivity contribution in [1.29, 1.82) is 5.26 Å². The van der Waals surface area contributed by atoms with Crippen molar-refractivity contribution < 1.29 is 14.6 Å². The highest BCUT2D eigenvalue weighted by Crippen LogP contribution is 2.39. The molecule has 0 bridgehead atoms. The van der Waals surface area contributed by atoms with Crippen molar-refractivity contribution in [3.63, 3.8) is 0 Å². The summed E-state index contributed by atoms with van der Waals surface area (Å²) >= 11 is 12.2. The third kappa shape index (κ3) is 5.88. The zero-order valence-electron chi connectivity index (χ0n) is 20.3. The quantitative estimate of drug-likeness (QED) is 0.401. The maximum Gasteiger partial charge on any atom is 0.163 e. The molecular weight excluding hydrogens is 501 g/mol. The van der Waals surface area contributed by atoms with Gasteiger partial charge in [0, 0.05) is 55.4 Å². The third-order valence-corrected chi connectivity index (χ3v) is 6.95. The van der Waals surface area contributed by atoms with Gasteiger partial charge in [0.05, 0.1) is 41.2 Å². The number of nitrogens with zero attached hydrogens (tertiary/aromatic N) is 4. The fraction of sp³-hybridized carbons (Fsp3) is 0.385. The molecule has 0 spiro atoms. The first-order valence-corrected chi connectivity index (χ1v) is 12.6. The second-order valence-corrected chi connectivity index (χ2v) is 9.36. The molecule has 1 aromatic heterocycles. The molecule has 8 nitrogen and oxygen atoms in total. The molecule has 4 rings (SSSR count). The summed E-state index contributed by atoms with van der Waals surface area (Å²) in [5, 5.41) is 25.8. The van der Waals surface area contributed by atoms with E-state index in [0.717, 1.165) is 45.7 Å². The summed E-state index contributed by atoms with van der Waals surface area (Å²) < 4.78 is 11.7. The molecule has 1 fully saturated rings. The van der Waals surface area contributed by atoms with E-state index in [1.54, 1.807) is 19.2 Å². The van der Waals surface area contributed by atoms with Crippen LogP contribution in [0.25, 0.3) is 10.9 Å². The Kier molecular flexibility index (Phi) is 8.60. The molecule has 1 saturated heterocycles. The molecule has 0 unspecified atom stereocenters. The van der Waals surface area contributed by atoms with E-state index in [1.165, 1.54) is 18.3 Å². The molecule has 0 amide bonds. The number of likely N-dealkylation sites (N-methyl/N-ethyl adjacent to an activating group) is 1. The van der Waals surface area contributed by atoms with E-state index in [4.69, 9.17) is 32.7 Å². The summed E-state index contributed by atoms with van der Waals surface area (Å²) in [5.41, 5.74) is 1.70. The summed E-state index contributed by atoms with van der Waals surface area (Å²) in [7, 11) is 1.57. The monoisotopic (exact) mass is 528 g/mol. The summed E-state index contributed by atoms with van der Waals surface area (Å²) in [5.74, 6) is 0.724. The van der Waals surface area contributed by atoms with E-state index < -0.39 is 0 Å². The topological polar surface area (TPSA) is 96.7 Å². The largest absolute Gasteiger partial charge is 0.871 e. The number of anilines is 2. The Morgan fingerprint density at radius 3 is 2.53 bits per heavy atom. The van der Waals surface area contributed by atoms with Crippen LogP contribution in [0.4, 0.5) is 11.4 Å². The minimum atomic E-state index is -0.374. The SMILES string of the molecule is CCN1CCN(CCCOc2cc3ncc(C#N)c(Nc4cc([O-])c(Cl)cc4Cl)c3cc2OC)CC1. The molecule has 2 aromatic carbocycles. The Bertz CT molecular complexity index is 1270. The molecule has 0 radical (unpaired) electrons. The van der Waals surface area contributed by atoms with Gasteiger partial charge in [-0.15, -0.1) is 0 Å². The number of pyridine rings is 1. The fourth-order valence-electron chi connectivity index (χ4n) is 4.25. The second-order valence-electron chi connectivity index (χ2n) is 8.54. The number of hydrogen-bond acceptors (Lipinski definition) is 8. The van der Waals surface area contributed by atoms with Gasteiger partial charge in [-0.25, -0.2) is 0 Å². The van der Waals surface area contributed by atoms with Crippen LogP contribution in [0, 0.1) is 11.3 Å². The van der Waals surface area contributed by atoms with Gasteiger partial charge in [0.25, 0.3) is 0 Å². The first-order chi connectivity index (χ1) is 17.4. The summed E-state index contributed by atoms with van der Waals surface area (Å²) in [6, 6.07) is 8.37. The van der Waals surface area contributed by atoms with Crippen LogP contribution >= 0.6 is 23.2 Å². The standard InChI is InChI=1S/C26H29Cl2N5O3/c1-3-32-6-8-33(9-7-32)5-4-10-36-25-14-21-18(11-24(25)35-2)26(17(15-29)16-30-21)31-22-13-23(34)20(28)12-19(22)27/h11-14,16,34H,3-10H2,1-2H3,(H,30,31)/p-1. The normalized spacial score (nSPS) is 14.5. The first-order valence-electron chi connectivity index (χ1n) is 11.8. The van der Waals surface area contributed by atoms with E-state index in [-0.39, 0.29) is 15.8 Å². The van der Waals surface area contributed by atoms with E-state index in [9.17, 15) is 10.4 Å². The van der Waals surface area contributed by atoms with Crippen molar-refractivity contribution in [3.8, 4) is 23.3 Å². The molecular formula is C26H28Cl2N5O3-. The summed E-state index contributed by atoms with van der Waals surface area (Å²) in [6.45, 7) is 9.22. The Hall–Kier alpha value is -2.96. The number of aromatic nitrogens is 1. The van der Waals surface area contributed by atoms with Crippen LogP contribution in [-0.4, -0.2) is 67.8 Å². The minimum Gasteiger partial charge on any atom is -0.871 e. The minimum absolute atomic E-state index is 0.0253. The Balaban J connectivity index is 1.53. The van der Waals surface area contributed by atoms with Crippen LogP contribution in [0.1, 0.15) is 18.9 Å². The van der Waals surface area contributed by atoms with Gasteiger partial charge >= 0.3 is 0 Å². The van der Waals surface area contributed by atoms with Crippen LogP contribution in [0.3, 0.4) is 0 Å². The molecule has 190 valence electrons. The third-order valence-electron chi connectivity index (χ3n) is 6.34. The summed E-state index contributed by atoms with van der Waals surface area (Å²) in [4.78, 5) is 9.36. The molecule has 0 saturated carbocycles. The molecule has 1 aliphatic rings. The maximum atomic E-state index is 12.1. The van der Waals surface area contributed by atoms with Crippen molar-refractivity contribution >= 4 is 45.5 Å². The van der Waals surface area contributed by atoms with Crippen molar-refractivity contribution in [1.82, 2.24) is 14.8 Å². The average molecular weight is 529 g/mol. The fourth-order valence-corrected chi connectivity index (χ4v) is 4.68. The van der Waals surface area contributed by atoms with Gasteiger partial charge in [0.1, 0.15) is 6.07 Å². The number of benzene rings is 2. The molecule has 2 heterocycles. The predicted molar refractivity (Wildman–Crippen MR) is 141 cm³/mol. The lowest BCUT2D eigenvalue weighted by Gasteiger charge is -2.33. The van der Waals surface area contributed by atoms with E-state index in [0.29, 0.717) is 45.9 Å². The Morgan fingerprint density at radius 2 is 1.83 bits per heavy atom. The summed E-state index contributed by atoms with van der Waals surface area (Å²) in [6.07, 6.45) is 2.37. The van der Waals surface area contributed by atoms with Gasteiger partial charge in [0.15, 0.2) is 11.5 Å². The number of piperazine rings is 1. The lowest BCUT2D eigenvalue weighted by molar-refractivity contribution is -0.268. The van der Waals surface area contributed by atoms with Crippen LogP contribution in [-0.2, 0) is 0 Å². The van der Waals surface area contributed by atoms with E-state index in [1.807, 2.05) is 0 Å². The zero-order valence-corrected chi connectivity index (χ0v) is 21.8. The Morgan fingerprint density at radius 1 is 1.08 bits per heavy atom. The first kappa shape index (κ1) is 26.1. The van der Waals surface area contributed by atoms with Crippen molar-refractivity contribution in [3.05, 3.63) is 46.1 Å². The number of nitriles is 1. The highest BCUT2D eigenvalue weighted by molar-refractivity contribution is 6.37. The number of methoxy groups -OCH3 is 1. The smallest absolute Gasteiger partial charge is 0.163 e. The van der Waals surface area contributed by atoms with Crippen LogP contribution < -0.4 is 19.9 Å². The number of ether oxygens (including phenoxy) is 2. The van der Waals surface area contributed by atoms with Crippen molar-refractivity contribution in [2.45, 2.75) is 13.3 Å². The lowest BCUT2D eigenvalue weighted by Crippen LogP contribution is -2.46. The molecule has 0 aliphatic carbocycles. The highest BCUT2D eigenvalue weighted by atomic mass is 35.5. The molecule has 1 N–H and O–H groups in total. The molecule has 1 aliphatic heterocycles. The number of fused-ring (bicyclic) bond motifs is 1. The van der Waals surface area contributed by atoms with Crippen LogP contribution in [0.15, 0.2) is 30.5 Å². The van der Waals surface area contributed by atoms with E-state index in [2.05, 4.69) is 33.1 Å².